The van der Waals surface area contributed by atoms with Gasteiger partial charge in [0, 0.05) is 18.2 Å². The minimum atomic E-state index is -0.477. The molecule has 1 aromatic rings. The smallest absolute Gasteiger partial charge is 0.330 e. The molecule has 1 aromatic carbocycles. The molecule has 0 heterocycles. The topological polar surface area (TPSA) is 69.4 Å². The van der Waals surface area contributed by atoms with E-state index in [1.54, 1.807) is 25.1 Å². The van der Waals surface area contributed by atoms with Gasteiger partial charge in [-0.1, -0.05) is 6.08 Å². The second kappa shape index (κ2) is 5.65. The third-order valence-electron chi connectivity index (χ3n) is 1.83. The van der Waals surface area contributed by atoms with Crippen molar-refractivity contribution in [3.63, 3.8) is 0 Å². The van der Waals surface area contributed by atoms with E-state index in [4.69, 9.17) is 4.74 Å². The molecule has 0 bridgehead atoms. The largest absolute Gasteiger partial charge is 0.458 e. The number of carbonyl (C=O) groups is 1. The standard InChI is InChI=1S/C11H11NO4/c1-2-3-11(13)16-8-9-4-6-10(7-5-9)12(14)15/h2-7H,8H2,1H3/b3-2+. The van der Waals surface area contributed by atoms with E-state index in [-0.39, 0.29) is 12.3 Å². The molecule has 0 unspecified atom stereocenters. The van der Waals surface area contributed by atoms with E-state index in [0.717, 1.165) is 0 Å². The van der Waals surface area contributed by atoms with Crippen molar-refractivity contribution in [3.8, 4) is 0 Å². The summed E-state index contributed by atoms with van der Waals surface area (Å²) in [4.78, 5) is 20.9. The lowest BCUT2D eigenvalue weighted by Gasteiger charge is -2.01. The van der Waals surface area contributed by atoms with Gasteiger partial charge in [0.2, 0.25) is 0 Å². The predicted molar refractivity (Wildman–Crippen MR) is 57.7 cm³/mol. The fourth-order valence-electron chi connectivity index (χ4n) is 1.05. The molecule has 0 spiro atoms. The van der Waals surface area contributed by atoms with Gasteiger partial charge in [0.15, 0.2) is 0 Å². The van der Waals surface area contributed by atoms with Gasteiger partial charge in [0.25, 0.3) is 5.69 Å². The summed E-state index contributed by atoms with van der Waals surface area (Å²) in [6.07, 6.45) is 2.89. The van der Waals surface area contributed by atoms with Crippen molar-refractivity contribution in [1.82, 2.24) is 0 Å². The Balaban J connectivity index is 2.56. The van der Waals surface area contributed by atoms with Gasteiger partial charge < -0.3 is 4.74 Å². The van der Waals surface area contributed by atoms with Gasteiger partial charge in [-0.05, 0) is 24.6 Å². The highest BCUT2D eigenvalue weighted by molar-refractivity contribution is 5.81. The molecule has 0 fully saturated rings. The van der Waals surface area contributed by atoms with E-state index in [1.165, 1.54) is 18.2 Å². The molecule has 0 atom stereocenters. The van der Waals surface area contributed by atoms with Crippen LogP contribution >= 0.6 is 0 Å². The van der Waals surface area contributed by atoms with Gasteiger partial charge in [-0.15, -0.1) is 0 Å². The zero-order chi connectivity index (χ0) is 12.0. The highest BCUT2D eigenvalue weighted by atomic mass is 16.6. The predicted octanol–water partition coefficient (Wildman–Crippen LogP) is 2.21. The second-order valence-electron chi connectivity index (χ2n) is 3.03. The zero-order valence-corrected chi connectivity index (χ0v) is 8.75. The minimum Gasteiger partial charge on any atom is -0.458 e. The van der Waals surface area contributed by atoms with E-state index < -0.39 is 10.9 Å². The van der Waals surface area contributed by atoms with Crippen molar-refractivity contribution in [2.45, 2.75) is 13.5 Å². The lowest BCUT2D eigenvalue weighted by atomic mass is 10.2. The fraction of sp³-hybridized carbons (Fsp3) is 0.182. The van der Waals surface area contributed by atoms with E-state index in [9.17, 15) is 14.9 Å². The molecular formula is C11H11NO4. The Labute approximate surface area is 92.5 Å². The van der Waals surface area contributed by atoms with E-state index in [0.29, 0.717) is 5.56 Å². The highest BCUT2D eigenvalue weighted by Gasteiger charge is 2.04. The third-order valence-corrected chi connectivity index (χ3v) is 1.83. The normalized spacial score (nSPS) is 10.3. The molecule has 0 amide bonds. The SMILES string of the molecule is C/C=C/C(=O)OCc1ccc([N+](=O)[O-])cc1. The summed E-state index contributed by atoms with van der Waals surface area (Å²) < 4.78 is 4.87. The zero-order valence-electron chi connectivity index (χ0n) is 8.75. The van der Waals surface area contributed by atoms with Crippen LogP contribution in [0.4, 0.5) is 5.69 Å². The number of non-ortho nitro benzene ring substituents is 1. The molecule has 16 heavy (non-hydrogen) atoms. The van der Waals surface area contributed by atoms with Crippen LogP contribution in [0.1, 0.15) is 12.5 Å². The number of carbonyl (C=O) groups excluding carboxylic acids is 1. The third kappa shape index (κ3) is 3.53. The molecule has 0 saturated carbocycles. The van der Waals surface area contributed by atoms with Gasteiger partial charge >= 0.3 is 5.97 Å². The molecule has 84 valence electrons. The summed E-state index contributed by atoms with van der Waals surface area (Å²) in [7, 11) is 0. The van der Waals surface area contributed by atoms with Crippen LogP contribution in [0.15, 0.2) is 36.4 Å². The number of allylic oxidation sites excluding steroid dienone is 1. The first-order valence-electron chi connectivity index (χ1n) is 4.66. The lowest BCUT2D eigenvalue weighted by molar-refractivity contribution is -0.384. The van der Waals surface area contributed by atoms with Crippen molar-refractivity contribution in [2.24, 2.45) is 0 Å². The van der Waals surface area contributed by atoms with Crippen molar-refractivity contribution in [2.75, 3.05) is 0 Å². The van der Waals surface area contributed by atoms with Crippen LogP contribution < -0.4 is 0 Å². The van der Waals surface area contributed by atoms with Crippen molar-refractivity contribution < 1.29 is 14.5 Å². The Kier molecular flexibility index (Phi) is 4.20. The van der Waals surface area contributed by atoms with Crippen LogP contribution in [-0.2, 0) is 16.1 Å². The van der Waals surface area contributed by atoms with Crippen molar-refractivity contribution in [3.05, 3.63) is 52.1 Å². The Morgan fingerprint density at radius 2 is 2.06 bits per heavy atom. The lowest BCUT2D eigenvalue weighted by Crippen LogP contribution is -2.00. The number of benzene rings is 1. The molecular weight excluding hydrogens is 210 g/mol. The van der Waals surface area contributed by atoms with E-state index in [2.05, 4.69) is 0 Å². The molecule has 0 aliphatic carbocycles. The van der Waals surface area contributed by atoms with Gasteiger partial charge in [-0.25, -0.2) is 4.79 Å². The number of rotatable bonds is 4. The molecule has 0 N–H and O–H groups in total. The number of nitro groups is 1. The number of esters is 1. The van der Waals surface area contributed by atoms with Crippen molar-refractivity contribution in [1.29, 1.82) is 0 Å². The number of nitrogens with zero attached hydrogens (tertiary/aromatic N) is 1. The number of ether oxygens (including phenoxy) is 1. The maximum absolute atomic E-state index is 11.0. The van der Waals surface area contributed by atoms with Crippen LogP contribution in [0, 0.1) is 10.1 Å². The summed E-state index contributed by atoms with van der Waals surface area (Å²) in [5, 5.41) is 10.4. The summed E-state index contributed by atoms with van der Waals surface area (Å²) >= 11 is 0. The summed E-state index contributed by atoms with van der Waals surface area (Å²) in [6.45, 7) is 1.83. The maximum Gasteiger partial charge on any atom is 0.330 e. The number of nitro benzene ring substituents is 1. The van der Waals surface area contributed by atoms with Crippen LogP contribution in [0.25, 0.3) is 0 Å². The Hall–Kier alpha value is -2.17. The second-order valence-corrected chi connectivity index (χ2v) is 3.03. The number of hydrogen-bond donors (Lipinski definition) is 0. The minimum absolute atomic E-state index is 0.0172. The maximum atomic E-state index is 11.0. The van der Waals surface area contributed by atoms with Crippen LogP contribution in [0.5, 0.6) is 0 Å². The molecule has 5 nitrogen and oxygen atoms in total. The van der Waals surface area contributed by atoms with Crippen LogP contribution in [0.2, 0.25) is 0 Å². The van der Waals surface area contributed by atoms with Crippen molar-refractivity contribution >= 4 is 11.7 Å². The average Bonchev–Trinajstić information content (AvgIpc) is 2.27. The van der Waals surface area contributed by atoms with Gasteiger partial charge in [-0.3, -0.25) is 10.1 Å². The summed E-state index contributed by atoms with van der Waals surface area (Å²) in [6, 6.07) is 5.86. The fourth-order valence-corrected chi connectivity index (χ4v) is 1.05. The molecule has 0 saturated heterocycles. The average molecular weight is 221 g/mol. The van der Waals surface area contributed by atoms with E-state index in [1.807, 2.05) is 0 Å². The molecule has 0 aliphatic heterocycles. The Morgan fingerprint density at radius 3 is 2.56 bits per heavy atom. The quantitative estimate of drug-likeness (QED) is 0.338. The molecule has 0 radical (unpaired) electrons. The molecule has 1 rings (SSSR count). The Morgan fingerprint density at radius 1 is 1.44 bits per heavy atom. The number of hydrogen-bond acceptors (Lipinski definition) is 4. The van der Waals surface area contributed by atoms with E-state index >= 15 is 0 Å². The van der Waals surface area contributed by atoms with Crippen LogP contribution in [-0.4, -0.2) is 10.9 Å². The molecule has 0 aromatic heterocycles. The highest BCUT2D eigenvalue weighted by Crippen LogP contribution is 2.12. The summed E-state index contributed by atoms with van der Waals surface area (Å²) in [5.74, 6) is -0.430. The van der Waals surface area contributed by atoms with Crippen LogP contribution in [0.3, 0.4) is 0 Å². The molecule has 5 heteroatoms. The summed E-state index contributed by atoms with van der Waals surface area (Å²) in [5.41, 5.74) is 0.729. The monoisotopic (exact) mass is 221 g/mol. The van der Waals surface area contributed by atoms with Gasteiger partial charge in [0.05, 0.1) is 4.92 Å². The molecule has 0 aliphatic rings. The van der Waals surface area contributed by atoms with Gasteiger partial charge in [-0.2, -0.15) is 0 Å². The Bertz CT molecular complexity index is 408. The first kappa shape index (κ1) is 11.9. The van der Waals surface area contributed by atoms with Gasteiger partial charge in [0.1, 0.15) is 6.61 Å². The first-order chi connectivity index (χ1) is 7.63. The first-order valence-corrected chi connectivity index (χ1v) is 4.66.